The van der Waals surface area contributed by atoms with E-state index in [2.05, 4.69) is 16.8 Å². The molecule has 21 heavy (non-hydrogen) atoms. The predicted molar refractivity (Wildman–Crippen MR) is 81.4 cm³/mol. The molecule has 1 atom stereocenters. The van der Waals surface area contributed by atoms with Crippen molar-refractivity contribution in [2.45, 2.75) is 26.3 Å². The van der Waals surface area contributed by atoms with Crippen LogP contribution in [0.25, 0.3) is 11.0 Å². The van der Waals surface area contributed by atoms with Gasteiger partial charge in [0, 0.05) is 32.2 Å². The van der Waals surface area contributed by atoms with Crippen molar-refractivity contribution in [2.24, 2.45) is 5.92 Å². The van der Waals surface area contributed by atoms with E-state index in [1.54, 1.807) is 7.11 Å². The molecule has 1 aliphatic rings. The number of carbonyl (C=O) groups is 1. The molecule has 0 aliphatic carbocycles. The third-order valence-electron chi connectivity index (χ3n) is 4.06. The third-order valence-corrected chi connectivity index (χ3v) is 4.06. The van der Waals surface area contributed by atoms with E-state index in [1.807, 2.05) is 18.2 Å². The van der Waals surface area contributed by atoms with Crippen LogP contribution >= 0.6 is 0 Å². The number of ether oxygens (including phenoxy) is 1. The largest absolute Gasteiger partial charge is 0.383 e. The maximum absolute atomic E-state index is 12.1. The Hall–Kier alpha value is -1.88. The van der Waals surface area contributed by atoms with Crippen LogP contribution in [0.1, 0.15) is 29.5 Å². The van der Waals surface area contributed by atoms with E-state index in [4.69, 9.17) is 9.72 Å². The summed E-state index contributed by atoms with van der Waals surface area (Å²) in [6.45, 7) is 4.32. The average molecular weight is 287 g/mol. The van der Waals surface area contributed by atoms with Gasteiger partial charge in [-0.05, 0) is 30.5 Å². The number of imidazole rings is 1. The minimum atomic E-state index is -0.0757. The van der Waals surface area contributed by atoms with Gasteiger partial charge < -0.3 is 14.6 Å². The standard InChI is InChI=1S/C16H21N3O2/c1-11-5-7-19-14-4-3-12(16(20)17-6-8-21-2)10-13(14)18-15(19)9-11/h3-4,10-11H,5-9H2,1-2H3,(H,17,20)/t11-/m0/s1. The quantitative estimate of drug-likeness (QED) is 0.875. The molecule has 5 heteroatoms. The number of benzene rings is 1. The number of carbonyl (C=O) groups excluding carboxylic acids is 1. The zero-order chi connectivity index (χ0) is 14.8. The van der Waals surface area contributed by atoms with Crippen LogP contribution in [0.3, 0.4) is 0 Å². The number of amides is 1. The Balaban J connectivity index is 1.85. The molecule has 2 heterocycles. The van der Waals surface area contributed by atoms with Crippen molar-refractivity contribution in [2.75, 3.05) is 20.3 Å². The molecule has 1 N–H and O–H groups in total. The van der Waals surface area contributed by atoms with Crippen LogP contribution in [0.2, 0.25) is 0 Å². The molecule has 2 aromatic rings. The maximum atomic E-state index is 12.1. The number of aromatic nitrogens is 2. The Morgan fingerprint density at radius 3 is 3.19 bits per heavy atom. The molecule has 5 nitrogen and oxygen atoms in total. The van der Waals surface area contributed by atoms with Gasteiger partial charge in [0.1, 0.15) is 5.82 Å². The molecule has 0 radical (unpaired) electrons. The Labute approximate surface area is 124 Å². The van der Waals surface area contributed by atoms with Gasteiger partial charge in [-0.1, -0.05) is 6.92 Å². The summed E-state index contributed by atoms with van der Waals surface area (Å²) in [5.41, 5.74) is 2.70. The van der Waals surface area contributed by atoms with Crippen LogP contribution in [0.5, 0.6) is 0 Å². The lowest BCUT2D eigenvalue weighted by Crippen LogP contribution is -2.26. The first kappa shape index (κ1) is 14.1. The van der Waals surface area contributed by atoms with Crippen molar-refractivity contribution >= 4 is 16.9 Å². The van der Waals surface area contributed by atoms with Crippen LogP contribution in [0.4, 0.5) is 0 Å². The summed E-state index contributed by atoms with van der Waals surface area (Å²) in [6.07, 6.45) is 2.21. The Morgan fingerprint density at radius 2 is 2.38 bits per heavy atom. The number of rotatable bonds is 4. The van der Waals surface area contributed by atoms with Gasteiger partial charge in [-0.2, -0.15) is 0 Å². The summed E-state index contributed by atoms with van der Waals surface area (Å²) in [5.74, 6) is 1.75. The highest BCUT2D eigenvalue weighted by molar-refractivity contribution is 5.97. The van der Waals surface area contributed by atoms with E-state index in [-0.39, 0.29) is 5.91 Å². The molecule has 0 unspecified atom stereocenters. The Morgan fingerprint density at radius 1 is 1.52 bits per heavy atom. The summed E-state index contributed by atoms with van der Waals surface area (Å²) >= 11 is 0. The summed E-state index contributed by atoms with van der Waals surface area (Å²) in [7, 11) is 1.62. The van der Waals surface area contributed by atoms with Gasteiger partial charge in [0.25, 0.3) is 5.91 Å². The second-order valence-corrected chi connectivity index (χ2v) is 5.73. The monoisotopic (exact) mass is 287 g/mol. The fourth-order valence-electron chi connectivity index (χ4n) is 2.86. The number of methoxy groups -OCH3 is 1. The molecule has 1 aromatic carbocycles. The topological polar surface area (TPSA) is 56.1 Å². The van der Waals surface area contributed by atoms with E-state index in [0.29, 0.717) is 24.6 Å². The SMILES string of the molecule is COCCNC(=O)c1ccc2c(c1)nc1n2CC[C@H](C)C1. The van der Waals surface area contributed by atoms with E-state index < -0.39 is 0 Å². The fourth-order valence-corrected chi connectivity index (χ4v) is 2.86. The molecular formula is C16H21N3O2. The molecule has 1 aliphatic heterocycles. The summed E-state index contributed by atoms with van der Waals surface area (Å²) < 4.78 is 7.21. The summed E-state index contributed by atoms with van der Waals surface area (Å²) in [6, 6.07) is 5.76. The molecule has 0 saturated heterocycles. The molecule has 0 spiro atoms. The van der Waals surface area contributed by atoms with Gasteiger partial charge in [-0.3, -0.25) is 4.79 Å². The average Bonchev–Trinajstić information content (AvgIpc) is 2.83. The fraction of sp³-hybridized carbons (Fsp3) is 0.500. The smallest absolute Gasteiger partial charge is 0.251 e. The van der Waals surface area contributed by atoms with E-state index >= 15 is 0 Å². The number of fused-ring (bicyclic) bond motifs is 3. The summed E-state index contributed by atoms with van der Waals surface area (Å²) in [5, 5.41) is 2.83. The minimum Gasteiger partial charge on any atom is -0.383 e. The Bertz CT molecular complexity index is 663. The van der Waals surface area contributed by atoms with Crippen molar-refractivity contribution in [1.29, 1.82) is 0 Å². The van der Waals surface area contributed by atoms with Crippen molar-refractivity contribution < 1.29 is 9.53 Å². The molecule has 0 fully saturated rings. The molecule has 1 amide bonds. The highest BCUT2D eigenvalue weighted by Crippen LogP contribution is 2.25. The number of hydrogen-bond acceptors (Lipinski definition) is 3. The van der Waals surface area contributed by atoms with Crippen LogP contribution in [-0.4, -0.2) is 35.7 Å². The molecule has 3 rings (SSSR count). The van der Waals surface area contributed by atoms with Crippen molar-refractivity contribution in [1.82, 2.24) is 14.9 Å². The van der Waals surface area contributed by atoms with Gasteiger partial charge in [0.15, 0.2) is 0 Å². The number of nitrogens with one attached hydrogen (secondary N) is 1. The minimum absolute atomic E-state index is 0.0757. The zero-order valence-corrected chi connectivity index (χ0v) is 12.6. The number of nitrogens with zero attached hydrogens (tertiary/aromatic N) is 2. The van der Waals surface area contributed by atoms with Crippen molar-refractivity contribution in [3.63, 3.8) is 0 Å². The highest BCUT2D eigenvalue weighted by Gasteiger charge is 2.19. The third kappa shape index (κ3) is 2.78. The lowest BCUT2D eigenvalue weighted by atomic mass is 10.0. The second-order valence-electron chi connectivity index (χ2n) is 5.73. The zero-order valence-electron chi connectivity index (χ0n) is 12.6. The first-order chi connectivity index (χ1) is 10.2. The molecular weight excluding hydrogens is 266 g/mol. The maximum Gasteiger partial charge on any atom is 0.251 e. The van der Waals surface area contributed by atoms with E-state index in [0.717, 1.165) is 29.8 Å². The van der Waals surface area contributed by atoms with Crippen LogP contribution in [-0.2, 0) is 17.7 Å². The molecule has 0 bridgehead atoms. The van der Waals surface area contributed by atoms with Crippen molar-refractivity contribution in [3.8, 4) is 0 Å². The molecule has 1 aromatic heterocycles. The summed E-state index contributed by atoms with van der Waals surface area (Å²) in [4.78, 5) is 16.8. The highest BCUT2D eigenvalue weighted by atomic mass is 16.5. The lowest BCUT2D eigenvalue weighted by Gasteiger charge is -2.19. The van der Waals surface area contributed by atoms with Gasteiger partial charge >= 0.3 is 0 Å². The molecule has 112 valence electrons. The van der Waals surface area contributed by atoms with E-state index in [1.165, 1.54) is 6.42 Å². The predicted octanol–water partition coefficient (Wildman–Crippen LogP) is 1.99. The first-order valence-electron chi connectivity index (χ1n) is 7.45. The Kier molecular flexibility index (Phi) is 3.92. The first-order valence-corrected chi connectivity index (χ1v) is 7.45. The normalized spacial score (nSPS) is 17.7. The van der Waals surface area contributed by atoms with E-state index in [9.17, 15) is 4.79 Å². The van der Waals surface area contributed by atoms with Crippen LogP contribution in [0, 0.1) is 5.92 Å². The van der Waals surface area contributed by atoms with Crippen LogP contribution in [0.15, 0.2) is 18.2 Å². The second kappa shape index (κ2) is 5.85. The lowest BCUT2D eigenvalue weighted by molar-refractivity contribution is 0.0937. The van der Waals surface area contributed by atoms with Gasteiger partial charge in [-0.15, -0.1) is 0 Å². The number of hydrogen-bond donors (Lipinski definition) is 1. The van der Waals surface area contributed by atoms with Gasteiger partial charge in [0.2, 0.25) is 0 Å². The number of aryl methyl sites for hydroxylation is 1. The van der Waals surface area contributed by atoms with Gasteiger partial charge in [-0.25, -0.2) is 4.98 Å². The molecule has 0 saturated carbocycles. The van der Waals surface area contributed by atoms with Gasteiger partial charge in [0.05, 0.1) is 17.6 Å². The van der Waals surface area contributed by atoms with Crippen LogP contribution < -0.4 is 5.32 Å². The van der Waals surface area contributed by atoms with Crippen molar-refractivity contribution in [3.05, 3.63) is 29.6 Å².